The predicted molar refractivity (Wildman–Crippen MR) is 77.4 cm³/mol. The maximum Gasteiger partial charge on any atom is 0.179 e. The Balaban J connectivity index is 1.86. The monoisotopic (exact) mass is 290 g/mol. The highest BCUT2D eigenvalue weighted by atomic mass is 32.2. The molecule has 1 saturated carbocycles. The van der Waals surface area contributed by atoms with Crippen molar-refractivity contribution in [1.82, 2.24) is 0 Å². The van der Waals surface area contributed by atoms with E-state index in [1.54, 1.807) is 18.4 Å². The fraction of sp³-hybridized carbons (Fsp3) is 0.375. The van der Waals surface area contributed by atoms with Crippen molar-refractivity contribution in [1.29, 1.82) is 0 Å². The molecule has 4 heteroatoms. The Bertz CT molecular complexity index is 665. The lowest BCUT2D eigenvalue weighted by molar-refractivity contribution is 0.451. The zero-order valence-electron chi connectivity index (χ0n) is 11.5. The Morgan fingerprint density at radius 1 is 1.20 bits per heavy atom. The van der Waals surface area contributed by atoms with Crippen molar-refractivity contribution in [2.45, 2.75) is 30.6 Å². The number of hydrogen-bond donors (Lipinski definition) is 0. The molecule has 2 aromatic rings. The molecule has 0 amide bonds. The van der Waals surface area contributed by atoms with Crippen molar-refractivity contribution in [3.05, 3.63) is 54.0 Å². The van der Waals surface area contributed by atoms with Gasteiger partial charge >= 0.3 is 0 Å². The second kappa shape index (κ2) is 5.09. The molecule has 1 heterocycles. The average molecular weight is 290 g/mol. The molecule has 20 heavy (non-hydrogen) atoms. The van der Waals surface area contributed by atoms with Crippen LogP contribution in [0.5, 0.6) is 0 Å². The van der Waals surface area contributed by atoms with Crippen molar-refractivity contribution < 1.29 is 12.8 Å². The first kappa shape index (κ1) is 13.4. The summed E-state index contributed by atoms with van der Waals surface area (Å²) in [6, 6.07) is 10.8. The predicted octanol–water partition coefficient (Wildman–Crippen LogP) is 3.56. The molecule has 1 aromatic carbocycles. The number of furan rings is 1. The zero-order chi connectivity index (χ0) is 14.2. The first-order valence-corrected chi connectivity index (χ1v) is 8.54. The minimum absolute atomic E-state index is 0.0173. The number of rotatable bonds is 5. The van der Waals surface area contributed by atoms with E-state index in [0.29, 0.717) is 10.8 Å². The highest BCUT2D eigenvalue weighted by Gasteiger charge is 2.37. The van der Waals surface area contributed by atoms with Gasteiger partial charge in [-0.2, -0.15) is 0 Å². The molecule has 0 unspecified atom stereocenters. The molecule has 1 aromatic heterocycles. The maximum atomic E-state index is 12.5. The molecule has 1 aliphatic rings. The topological polar surface area (TPSA) is 47.3 Å². The minimum Gasteiger partial charge on any atom is -0.469 e. The van der Waals surface area contributed by atoms with Gasteiger partial charge in [0.25, 0.3) is 0 Å². The summed E-state index contributed by atoms with van der Waals surface area (Å²) in [7, 11) is -3.27. The fourth-order valence-corrected chi connectivity index (χ4v) is 4.18. The maximum absolute atomic E-state index is 12.5. The number of aryl methyl sites for hydroxylation is 1. The van der Waals surface area contributed by atoms with Gasteiger partial charge in [0.05, 0.1) is 16.9 Å². The molecule has 106 valence electrons. The van der Waals surface area contributed by atoms with Crippen LogP contribution in [0.3, 0.4) is 0 Å². The summed E-state index contributed by atoms with van der Waals surface area (Å²) in [4.78, 5) is 0.403. The van der Waals surface area contributed by atoms with Gasteiger partial charge in [-0.1, -0.05) is 17.7 Å². The van der Waals surface area contributed by atoms with Gasteiger partial charge in [0.15, 0.2) is 9.84 Å². The van der Waals surface area contributed by atoms with Gasteiger partial charge in [0, 0.05) is 5.92 Å². The van der Waals surface area contributed by atoms with Crippen LogP contribution in [0.2, 0.25) is 0 Å². The SMILES string of the molecule is Cc1ccc(S(=O)(=O)C[C@H](c2ccco2)C2CC2)cc1. The number of hydrogen-bond acceptors (Lipinski definition) is 3. The van der Waals surface area contributed by atoms with Gasteiger partial charge in [0.2, 0.25) is 0 Å². The molecular weight excluding hydrogens is 272 g/mol. The van der Waals surface area contributed by atoms with Crippen LogP contribution >= 0.6 is 0 Å². The summed E-state index contributed by atoms with van der Waals surface area (Å²) in [6.45, 7) is 1.95. The Kier molecular flexibility index (Phi) is 3.42. The highest BCUT2D eigenvalue weighted by molar-refractivity contribution is 7.91. The lowest BCUT2D eigenvalue weighted by atomic mass is 10.0. The quantitative estimate of drug-likeness (QED) is 0.846. The third kappa shape index (κ3) is 2.80. The standard InChI is InChI=1S/C16H18O3S/c1-12-4-8-14(9-5-12)20(17,18)11-15(13-6-7-13)16-3-2-10-19-16/h2-5,8-10,13,15H,6-7,11H2,1H3/t15-/m0/s1. The van der Waals surface area contributed by atoms with E-state index in [0.717, 1.165) is 24.2 Å². The molecule has 3 nitrogen and oxygen atoms in total. The van der Waals surface area contributed by atoms with Crippen LogP contribution in [0.1, 0.15) is 30.1 Å². The van der Waals surface area contributed by atoms with Crippen LogP contribution in [0.15, 0.2) is 52.0 Å². The van der Waals surface area contributed by atoms with Crippen LogP contribution in [-0.2, 0) is 9.84 Å². The second-order valence-electron chi connectivity index (χ2n) is 5.55. The fourth-order valence-electron chi connectivity index (χ4n) is 2.53. The van der Waals surface area contributed by atoms with E-state index in [9.17, 15) is 8.42 Å². The van der Waals surface area contributed by atoms with E-state index in [-0.39, 0.29) is 11.7 Å². The summed E-state index contributed by atoms with van der Waals surface area (Å²) in [5, 5.41) is 0. The molecular formula is C16H18O3S. The Morgan fingerprint density at radius 2 is 1.90 bits per heavy atom. The highest BCUT2D eigenvalue weighted by Crippen LogP contribution is 2.44. The Hall–Kier alpha value is -1.55. The van der Waals surface area contributed by atoms with E-state index in [2.05, 4.69) is 0 Å². The molecule has 0 spiro atoms. The van der Waals surface area contributed by atoms with Crippen LogP contribution in [0, 0.1) is 12.8 Å². The van der Waals surface area contributed by atoms with Gasteiger partial charge < -0.3 is 4.42 Å². The number of benzene rings is 1. The third-order valence-electron chi connectivity index (χ3n) is 3.88. The molecule has 0 bridgehead atoms. The van der Waals surface area contributed by atoms with E-state index in [4.69, 9.17) is 4.42 Å². The van der Waals surface area contributed by atoms with E-state index in [1.165, 1.54) is 0 Å². The van der Waals surface area contributed by atoms with Crippen molar-refractivity contribution in [2.75, 3.05) is 5.75 Å². The average Bonchev–Trinajstić information content (AvgIpc) is 3.11. The van der Waals surface area contributed by atoms with Crippen LogP contribution < -0.4 is 0 Å². The lowest BCUT2D eigenvalue weighted by Crippen LogP contribution is -2.16. The smallest absolute Gasteiger partial charge is 0.179 e. The Labute approximate surface area is 119 Å². The summed E-state index contributed by atoms with van der Waals surface area (Å²) in [5.74, 6) is 1.36. The lowest BCUT2D eigenvalue weighted by Gasteiger charge is -2.14. The molecule has 1 atom stereocenters. The summed E-state index contributed by atoms with van der Waals surface area (Å²) >= 11 is 0. The van der Waals surface area contributed by atoms with E-state index < -0.39 is 9.84 Å². The van der Waals surface area contributed by atoms with Gasteiger partial charge in [0.1, 0.15) is 5.76 Å². The normalized spacial score (nSPS) is 17.1. The minimum atomic E-state index is -3.27. The second-order valence-corrected chi connectivity index (χ2v) is 7.59. The van der Waals surface area contributed by atoms with Gasteiger partial charge in [-0.25, -0.2) is 8.42 Å². The van der Waals surface area contributed by atoms with Crippen molar-refractivity contribution >= 4 is 9.84 Å². The Morgan fingerprint density at radius 3 is 2.45 bits per heavy atom. The summed E-state index contributed by atoms with van der Waals surface area (Å²) in [5.41, 5.74) is 1.06. The van der Waals surface area contributed by atoms with E-state index in [1.807, 2.05) is 31.2 Å². The third-order valence-corrected chi connectivity index (χ3v) is 5.67. The van der Waals surface area contributed by atoms with Gasteiger partial charge in [-0.3, -0.25) is 0 Å². The van der Waals surface area contributed by atoms with Crippen molar-refractivity contribution in [3.63, 3.8) is 0 Å². The molecule has 1 fully saturated rings. The molecule has 0 N–H and O–H groups in total. The van der Waals surface area contributed by atoms with Gasteiger partial charge in [-0.05, 0) is 49.9 Å². The molecule has 1 aliphatic carbocycles. The molecule has 0 saturated heterocycles. The van der Waals surface area contributed by atoms with Gasteiger partial charge in [-0.15, -0.1) is 0 Å². The zero-order valence-corrected chi connectivity index (χ0v) is 12.3. The van der Waals surface area contributed by atoms with Crippen LogP contribution in [-0.4, -0.2) is 14.2 Å². The van der Waals surface area contributed by atoms with Crippen LogP contribution in [0.4, 0.5) is 0 Å². The summed E-state index contributed by atoms with van der Waals surface area (Å²) < 4.78 is 30.5. The first-order valence-electron chi connectivity index (χ1n) is 6.89. The molecule has 3 rings (SSSR count). The first-order chi connectivity index (χ1) is 9.56. The van der Waals surface area contributed by atoms with Crippen LogP contribution in [0.25, 0.3) is 0 Å². The summed E-state index contributed by atoms with van der Waals surface area (Å²) in [6.07, 6.45) is 3.80. The molecule has 0 radical (unpaired) electrons. The largest absolute Gasteiger partial charge is 0.469 e. The van der Waals surface area contributed by atoms with Crippen molar-refractivity contribution in [2.24, 2.45) is 5.92 Å². The molecule has 0 aliphatic heterocycles. The number of sulfone groups is 1. The van der Waals surface area contributed by atoms with E-state index >= 15 is 0 Å². The van der Waals surface area contributed by atoms with Crippen molar-refractivity contribution in [3.8, 4) is 0 Å².